The van der Waals surface area contributed by atoms with Crippen molar-refractivity contribution >= 4 is 11.9 Å². The van der Waals surface area contributed by atoms with Crippen LogP contribution in [0.25, 0.3) is 0 Å². The molecule has 16 heavy (non-hydrogen) atoms. The van der Waals surface area contributed by atoms with Crippen molar-refractivity contribution in [3.05, 3.63) is 48.0 Å². The monoisotopic (exact) mass is 220 g/mol. The second kappa shape index (κ2) is 5.70. The summed E-state index contributed by atoms with van der Waals surface area (Å²) in [4.78, 5) is 22.7. The van der Waals surface area contributed by atoms with Crippen LogP contribution in [0.15, 0.2) is 36.9 Å². The Morgan fingerprint density at radius 1 is 1.31 bits per heavy atom. The van der Waals surface area contributed by atoms with Crippen molar-refractivity contribution in [2.75, 3.05) is 13.7 Å². The molecule has 4 heteroatoms. The van der Waals surface area contributed by atoms with E-state index in [2.05, 4.69) is 11.3 Å². The summed E-state index contributed by atoms with van der Waals surface area (Å²) in [5.41, 5.74) is 0.625. The van der Waals surface area contributed by atoms with Gasteiger partial charge in [-0.2, -0.15) is 0 Å². The molecule has 0 heterocycles. The Morgan fingerprint density at radius 3 is 2.50 bits per heavy atom. The van der Waals surface area contributed by atoms with Crippen LogP contribution in [0.2, 0.25) is 0 Å². The van der Waals surface area contributed by atoms with Crippen molar-refractivity contribution in [3.8, 4) is 0 Å². The molecule has 0 atom stereocenters. The van der Waals surface area contributed by atoms with Crippen molar-refractivity contribution in [1.29, 1.82) is 0 Å². The van der Waals surface area contributed by atoms with Gasteiger partial charge in [0.05, 0.1) is 18.2 Å². The lowest BCUT2D eigenvalue weighted by molar-refractivity contribution is 0.0549. The molecule has 0 radical (unpaired) electrons. The third kappa shape index (κ3) is 2.95. The highest BCUT2D eigenvalue weighted by atomic mass is 16.5. The first-order valence-electron chi connectivity index (χ1n) is 4.65. The van der Waals surface area contributed by atoms with Crippen LogP contribution in [0, 0.1) is 0 Å². The van der Waals surface area contributed by atoms with E-state index in [-0.39, 0.29) is 6.61 Å². The largest absolute Gasteiger partial charge is 0.465 e. The van der Waals surface area contributed by atoms with E-state index in [0.29, 0.717) is 11.1 Å². The number of hydrogen-bond donors (Lipinski definition) is 0. The van der Waals surface area contributed by atoms with E-state index in [1.54, 1.807) is 18.2 Å². The topological polar surface area (TPSA) is 52.6 Å². The van der Waals surface area contributed by atoms with Gasteiger partial charge in [-0.05, 0) is 18.2 Å². The zero-order chi connectivity index (χ0) is 12.0. The summed E-state index contributed by atoms with van der Waals surface area (Å²) >= 11 is 0. The summed E-state index contributed by atoms with van der Waals surface area (Å²) in [5, 5.41) is 0. The molecule has 0 spiro atoms. The molecule has 1 aromatic rings. The number of benzene rings is 1. The SMILES string of the molecule is C=CCOC(=O)c1cccc(C(=O)OC)c1. The number of esters is 2. The zero-order valence-electron chi connectivity index (χ0n) is 8.93. The van der Waals surface area contributed by atoms with Gasteiger partial charge in [-0.3, -0.25) is 0 Å². The number of carbonyl (C=O) groups is 2. The smallest absolute Gasteiger partial charge is 0.338 e. The average Bonchev–Trinajstić information content (AvgIpc) is 2.35. The number of methoxy groups -OCH3 is 1. The summed E-state index contributed by atoms with van der Waals surface area (Å²) < 4.78 is 9.38. The second-order valence-electron chi connectivity index (χ2n) is 2.96. The fourth-order valence-electron chi connectivity index (χ4n) is 1.11. The molecule has 0 N–H and O–H groups in total. The van der Waals surface area contributed by atoms with Crippen LogP contribution in [0.3, 0.4) is 0 Å². The van der Waals surface area contributed by atoms with Crippen molar-refractivity contribution in [2.45, 2.75) is 0 Å². The number of carbonyl (C=O) groups excluding carboxylic acids is 2. The zero-order valence-corrected chi connectivity index (χ0v) is 8.93. The molecule has 0 saturated heterocycles. The van der Waals surface area contributed by atoms with Gasteiger partial charge in [0.15, 0.2) is 0 Å². The fourth-order valence-corrected chi connectivity index (χ4v) is 1.11. The maximum Gasteiger partial charge on any atom is 0.338 e. The minimum Gasteiger partial charge on any atom is -0.465 e. The normalized spacial score (nSPS) is 9.31. The van der Waals surface area contributed by atoms with Gasteiger partial charge in [0.2, 0.25) is 0 Å². The van der Waals surface area contributed by atoms with Gasteiger partial charge in [-0.1, -0.05) is 18.7 Å². The van der Waals surface area contributed by atoms with Gasteiger partial charge >= 0.3 is 11.9 Å². The van der Waals surface area contributed by atoms with Crippen LogP contribution in [0.1, 0.15) is 20.7 Å². The molecule has 0 aliphatic rings. The van der Waals surface area contributed by atoms with Gasteiger partial charge in [0, 0.05) is 0 Å². The molecule has 1 rings (SSSR count). The highest BCUT2D eigenvalue weighted by Gasteiger charge is 2.10. The van der Waals surface area contributed by atoms with E-state index >= 15 is 0 Å². The summed E-state index contributed by atoms with van der Waals surface area (Å²) in [6, 6.07) is 6.15. The Bertz CT molecular complexity index is 409. The number of ether oxygens (including phenoxy) is 2. The Labute approximate surface area is 93.5 Å². The van der Waals surface area contributed by atoms with Crippen LogP contribution >= 0.6 is 0 Å². The highest BCUT2D eigenvalue weighted by molar-refractivity contribution is 5.95. The van der Waals surface area contributed by atoms with E-state index in [1.807, 2.05) is 0 Å². The molecule has 84 valence electrons. The summed E-state index contributed by atoms with van der Waals surface area (Å²) in [6.45, 7) is 3.57. The maximum absolute atomic E-state index is 11.4. The van der Waals surface area contributed by atoms with Gasteiger partial charge in [0.1, 0.15) is 6.61 Å². The molecule has 0 amide bonds. The summed E-state index contributed by atoms with van der Waals surface area (Å²) in [6.07, 6.45) is 1.47. The third-order valence-corrected chi connectivity index (χ3v) is 1.85. The standard InChI is InChI=1S/C12H12O4/c1-3-7-16-12(14)10-6-4-5-9(8-10)11(13)15-2/h3-6,8H,1,7H2,2H3. The van der Waals surface area contributed by atoms with Gasteiger partial charge < -0.3 is 9.47 Å². The molecule has 4 nitrogen and oxygen atoms in total. The molecule has 0 bridgehead atoms. The first-order chi connectivity index (χ1) is 7.69. The van der Waals surface area contributed by atoms with Gasteiger partial charge in [0.25, 0.3) is 0 Å². The summed E-state index contributed by atoms with van der Waals surface area (Å²) in [7, 11) is 1.28. The molecule has 0 aliphatic carbocycles. The quantitative estimate of drug-likeness (QED) is 0.573. The number of rotatable bonds is 4. The predicted octanol–water partition coefficient (Wildman–Crippen LogP) is 1.82. The third-order valence-electron chi connectivity index (χ3n) is 1.85. The molecule has 0 fully saturated rings. The molecule has 0 saturated carbocycles. The molecule has 0 unspecified atom stereocenters. The first kappa shape index (κ1) is 12.0. The van der Waals surface area contributed by atoms with Crippen LogP contribution in [-0.4, -0.2) is 25.7 Å². The van der Waals surface area contributed by atoms with E-state index in [0.717, 1.165) is 0 Å². The van der Waals surface area contributed by atoms with Crippen molar-refractivity contribution in [3.63, 3.8) is 0 Å². The van der Waals surface area contributed by atoms with Crippen LogP contribution in [-0.2, 0) is 9.47 Å². The van der Waals surface area contributed by atoms with E-state index in [9.17, 15) is 9.59 Å². The molecule has 1 aromatic carbocycles. The first-order valence-corrected chi connectivity index (χ1v) is 4.65. The van der Waals surface area contributed by atoms with Crippen LogP contribution < -0.4 is 0 Å². The van der Waals surface area contributed by atoms with Gasteiger partial charge in [-0.15, -0.1) is 0 Å². The molecular formula is C12H12O4. The van der Waals surface area contributed by atoms with Gasteiger partial charge in [-0.25, -0.2) is 9.59 Å². The molecular weight excluding hydrogens is 208 g/mol. The Kier molecular flexibility index (Phi) is 4.27. The predicted molar refractivity (Wildman–Crippen MR) is 58.3 cm³/mol. The van der Waals surface area contributed by atoms with E-state index in [1.165, 1.54) is 19.3 Å². The maximum atomic E-state index is 11.4. The van der Waals surface area contributed by atoms with Crippen molar-refractivity contribution in [2.24, 2.45) is 0 Å². The van der Waals surface area contributed by atoms with Crippen molar-refractivity contribution < 1.29 is 19.1 Å². The minimum absolute atomic E-state index is 0.140. The Hall–Kier alpha value is -2.10. The Balaban J connectivity index is 2.85. The summed E-state index contributed by atoms with van der Waals surface area (Å²) in [5.74, 6) is -0.982. The van der Waals surface area contributed by atoms with E-state index < -0.39 is 11.9 Å². The average molecular weight is 220 g/mol. The lowest BCUT2D eigenvalue weighted by Gasteiger charge is -2.03. The van der Waals surface area contributed by atoms with Crippen LogP contribution in [0.4, 0.5) is 0 Å². The number of hydrogen-bond acceptors (Lipinski definition) is 4. The van der Waals surface area contributed by atoms with E-state index in [4.69, 9.17) is 4.74 Å². The van der Waals surface area contributed by atoms with Crippen molar-refractivity contribution in [1.82, 2.24) is 0 Å². The van der Waals surface area contributed by atoms with Crippen LogP contribution in [0.5, 0.6) is 0 Å². The fraction of sp³-hybridized carbons (Fsp3) is 0.167. The minimum atomic E-state index is -0.495. The Morgan fingerprint density at radius 2 is 1.94 bits per heavy atom. The lowest BCUT2D eigenvalue weighted by Crippen LogP contribution is -2.07. The highest BCUT2D eigenvalue weighted by Crippen LogP contribution is 2.08. The molecule has 0 aromatic heterocycles. The lowest BCUT2D eigenvalue weighted by atomic mass is 10.1. The second-order valence-corrected chi connectivity index (χ2v) is 2.96. The molecule has 0 aliphatic heterocycles.